The highest BCUT2D eigenvalue weighted by Crippen LogP contribution is 2.13. The number of hydrogen-bond donors (Lipinski definition) is 0. The summed E-state index contributed by atoms with van der Waals surface area (Å²) in [7, 11) is 0. The van der Waals surface area contributed by atoms with Crippen LogP contribution < -0.4 is 0 Å². The van der Waals surface area contributed by atoms with Crippen LogP contribution in [0.3, 0.4) is 0 Å². The quantitative estimate of drug-likeness (QED) is 0.377. The van der Waals surface area contributed by atoms with Crippen LogP contribution in [0, 0.1) is 0 Å². The maximum Gasteiger partial charge on any atom is 0.331 e. The molecule has 0 aliphatic rings. The number of oxime groups is 1. The van der Waals surface area contributed by atoms with Crippen LogP contribution in [0.5, 0.6) is 0 Å². The SMILES string of the molecule is CC(=O)O/N=C/c1ccnc(C(=O)c2ccc(Cl)cc2)c1. The molecule has 2 aromatic rings. The summed E-state index contributed by atoms with van der Waals surface area (Å²) < 4.78 is 0. The van der Waals surface area contributed by atoms with Gasteiger partial charge in [0, 0.05) is 23.7 Å². The fourth-order valence-corrected chi connectivity index (χ4v) is 1.69. The monoisotopic (exact) mass is 302 g/mol. The fraction of sp³-hybridized carbons (Fsp3) is 0.0667. The molecule has 2 rings (SSSR count). The summed E-state index contributed by atoms with van der Waals surface area (Å²) in [6.07, 6.45) is 2.82. The zero-order valence-corrected chi connectivity index (χ0v) is 11.9. The number of ketones is 1. The first-order valence-electron chi connectivity index (χ1n) is 6.03. The van der Waals surface area contributed by atoms with Crippen LogP contribution >= 0.6 is 11.6 Å². The third kappa shape index (κ3) is 4.22. The Balaban J connectivity index is 2.20. The molecule has 0 amide bonds. The molecule has 0 N–H and O–H groups in total. The molecule has 21 heavy (non-hydrogen) atoms. The van der Waals surface area contributed by atoms with Crippen molar-refractivity contribution in [2.24, 2.45) is 5.16 Å². The lowest BCUT2D eigenvalue weighted by molar-refractivity contribution is -0.140. The Morgan fingerprint density at radius 1 is 1.24 bits per heavy atom. The van der Waals surface area contributed by atoms with E-state index in [-0.39, 0.29) is 11.5 Å². The van der Waals surface area contributed by atoms with Crippen molar-refractivity contribution in [1.82, 2.24) is 4.98 Å². The summed E-state index contributed by atoms with van der Waals surface area (Å²) in [5, 5.41) is 4.05. The highest BCUT2D eigenvalue weighted by molar-refractivity contribution is 6.30. The van der Waals surface area contributed by atoms with Crippen molar-refractivity contribution < 1.29 is 14.4 Å². The second-order valence-electron chi connectivity index (χ2n) is 4.13. The largest absolute Gasteiger partial charge is 0.331 e. The smallest absolute Gasteiger partial charge is 0.319 e. The van der Waals surface area contributed by atoms with Gasteiger partial charge in [-0.2, -0.15) is 0 Å². The van der Waals surface area contributed by atoms with Crippen LogP contribution in [-0.4, -0.2) is 23.0 Å². The van der Waals surface area contributed by atoms with Crippen molar-refractivity contribution in [1.29, 1.82) is 0 Å². The van der Waals surface area contributed by atoms with Crippen LogP contribution in [0.1, 0.15) is 28.5 Å². The predicted molar refractivity (Wildman–Crippen MR) is 78.5 cm³/mol. The van der Waals surface area contributed by atoms with Crippen molar-refractivity contribution >= 4 is 29.6 Å². The molecule has 0 fully saturated rings. The molecule has 0 saturated heterocycles. The van der Waals surface area contributed by atoms with Crippen LogP contribution in [-0.2, 0) is 9.63 Å². The predicted octanol–water partition coefficient (Wildman–Crippen LogP) is 2.86. The second kappa shape index (κ2) is 6.76. The van der Waals surface area contributed by atoms with Crippen LogP contribution in [0.15, 0.2) is 47.8 Å². The number of carbonyl (C=O) groups is 2. The van der Waals surface area contributed by atoms with Gasteiger partial charge in [0.2, 0.25) is 5.78 Å². The second-order valence-corrected chi connectivity index (χ2v) is 4.56. The number of benzene rings is 1. The topological polar surface area (TPSA) is 68.6 Å². The van der Waals surface area contributed by atoms with E-state index in [4.69, 9.17) is 11.6 Å². The molecule has 0 saturated carbocycles. The molecule has 0 bridgehead atoms. The van der Waals surface area contributed by atoms with E-state index < -0.39 is 5.97 Å². The minimum Gasteiger partial charge on any atom is -0.319 e. The Hall–Kier alpha value is -2.53. The van der Waals surface area contributed by atoms with E-state index in [0.29, 0.717) is 16.1 Å². The van der Waals surface area contributed by atoms with Gasteiger partial charge in [-0.05, 0) is 42.0 Å². The van der Waals surface area contributed by atoms with Crippen LogP contribution in [0.25, 0.3) is 0 Å². The molecule has 1 heterocycles. The van der Waals surface area contributed by atoms with Gasteiger partial charge in [-0.25, -0.2) is 4.79 Å². The molecule has 0 unspecified atom stereocenters. The molecule has 0 aliphatic carbocycles. The molecule has 106 valence electrons. The number of halogens is 1. The Kier molecular flexibility index (Phi) is 4.79. The lowest BCUT2D eigenvalue weighted by atomic mass is 10.1. The molecule has 5 nitrogen and oxygen atoms in total. The minimum atomic E-state index is -0.516. The first kappa shape index (κ1) is 14.9. The van der Waals surface area contributed by atoms with Gasteiger partial charge in [0.1, 0.15) is 5.69 Å². The third-order valence-electron chi connectivity index (χ3n) is 2.51. The molecule has 1 aromatic heterocycles. The van der Waals surface area contributed by atoms with Crippen LogP contribution in [0.2, 0.25) is 5.02 Å². The maximum atomic E-state index is 12.3. The molecule has 1 aromatic carbocycles. The first-order valence-corrected chi connectivity index (χ1v) is 6.41. The Morgan fingerprint density at radius 2 is 1.95 bits per heavy atom. The average molecular weight is 303 g/mol. The highest BCUT2D eigenvalue weighted by Gasteiger charge is 2.10. The van der Waals surface area contributed by atoms with Crippen molar-refractivity contribution in [3.05, 3.63) is 64.4 Å². The number of pyridine rings is 1. The lowest BCUT2D eigenvalue weighted by Crippen LogP contribution is -2.04. The van der Waals surface area contributed by atoms with E-state index in [9.17, 15) is 9.59 Å². The van der Waals surface area contributed by atoms with Crippen molar-refractivity contribution in [3.63, 3.8) is 0 Å². The zero-order valence-electron chi connectivity index (χ0n) is 11.1. The van der Waals surface area contributed by atoms with Crippen molar-refractivity contribution in [2.45, 2.75) is 6.92 Å². The Labute approximate surface area is 126 Å². The number of carbonyl (C=O) groups excluding carboxylic acids is 2. The van der Waals surface area contributed by atoms with E-state index in [0.717, 1.165) is 0 Å². The van der Waals surface area contributed by atoms with Gasteiger partial charge in [0.15, 0.2) is 0 Å². The summed E-state index contributed by atoms with van der Waals surface area (Å²) in [6, 6.07) is 9.75. The number of nitrogens with zero attached hydrogens (tertiary/aromatic N) is 2. The molecule has 6 heteroatoms. The standard InChI is InChI=1S/C15H11ClN2O3/c1-10(19)21-18-9-11-6-7-17-14(8-11)15(20)12-2-4-13(16)5-3-12/h2-9H,1H3/b18-9+. The maximum absolute atomic E-state index is 12.3. The van der Waals surface area contributed by atoms with Gasteiger partial charge in [-0.1, -0.05) is 16.8 Å². The average Bonchev–Trinajstić information content (AvgIpc) is 2.47. The van der Waals surface area contributed by atoms with E-state index in [1.54, 1.807) is 36.4 Å². The number of aromatic nitrogens is 1. The van der Waals surface area contributed by atoms with Gasteiger partial charge >= 0.3 is 5.97 Å². The lowest BCUT2D eigenvalue weighted by Gasteiger charge is -2.01. The molecule has 0 radical (unpaired) electrons. The normalized spacial score (nSPS) is 10.6. The van der Waals surface area contributed by atoms with Crippen LogP contribution in [0.4, 0.5) is 0 Å². The molecule has 0 aliphatic heterocycles. The summed E-state index contributed by atoms with van der Waals surface area (Å²) in [5.74, 6) is -0.743. The van der Waals surface area contributed by atoms with Gasteiger partial charge in [0.05, 0.1) is 6.21 Å². The van der Waals surface area contributed by atoms with Gasteiger partial charge in [-0.15, -0.1) is 0 Å². The van der Waals surface area contributed by atoms with Gasteiger partial charge in [0.25, 0.3) is 0 Å². The van der Waals surface area contributed by atoms with E-state index >= 15 is 0 Å². The van der Waals surface area contributed by atoms with E-state index in [2.05, 4.69) is 15.0 Å². The molecule has 0 atom stereocenters. The number of rotatable bonds is 4. The fourth-order valence-electron chi connectivity index (χ4n) is 1.56. The first-order chi connectivity index (χ1) is 10.1. The summed E-state index contributed by atoms with van der Waals surface area (Å²) in [5.41, 5.74) is 1.36. The molecular formula is C15H11ClN2O3. The zero-order chi connectivity index (χ0) is 15.2. The Morgan fingerprint density at radius 3 is 2.62 bits per heavy atom. The molecule has 0 spiro atoms. The van der Waals surface area contributed by atoms with Gasteiger partial charge in [-0.3, -0.25) is 9.78 Å². The summed E-state index contributed by atoms with van der Waals surface area (Å²) in [6.45, 7) is 1.25. The highest BCUT2D eigenvalue weighted by atomic mass is 35.5. The van der Waals surface area contributed by atoms with Crippen molar-refractivity contribution in [2.75, 3.05) is 0 Å². The third-order valence-corrected chi connectivity index (χ3v) is 2.76. The molecular weight excluding hydrogens is 292 g/mol. The summed E-state index contributed by atoms with van der Waals surface area (Å²) >= 11 is 5.78. The number of hydrogen-bond acceptors (Lipinski definition) is 5. The van der Waals surface area contributed by atoms with E-state index in [1.165, 1.54) is 19.3 Å². The van der Waals surface area contributed by atoms with Crippen molar-refractivity contribution in [3.8, 4) is 0 Å². The Bertz CT molecular complexity index is 696. The van der Waals surface area contributed by atoms with Gasteiger partial charge < -0.3 is 4.84 Å². The minimum absolute atomic E-state index is 0.227. The van der Waals surface area contributed by atoms with E-state index in [1.807, 2.05) is 0 Å². The summed E-state index contributed by atoms with van der Waals surface area (Å²) in [4.78, 5) is 31.3.